The summed E-state index contributed by atoms with van der Waals surface area (Å²) in [5.74, 6) is 1.50. The van der Waals surface area contributed by atoms with Crippen molar-refractivity contribution in [3.63, 3.8) is 0 Å². The monoisotopic (exact) mass is 360 g/mol. The van der Waals surface area contributed by atoms with E-state index in [1.54, 1.807) is 6.20 Å². The first-order valence-electron chi connectivity index (χ1n) is 8.95. The molecule has 25 heavy (non-hydrogen) atoms. The quantitative estimate of drug-likeness (QED) is 0.763. The Morgan fingerprint density at radius 3 is 2.68 bits per heavy atom. The smallest absolute Gasteiger partial charge is 0.244 e. The number of benzene rings is 1. The van der Waals surface area contributed by atoms with Gasteiger partial charge in [-0.15, -0.1) is 5.10 Å². The molecular weight excluding hydrogens is 336 g/mol. The maximum absolute atomic E-state index is 6.10. The Hall–Kier alpha value is -2.08. The Morgan fingerprint density at radius 2 is 1.92 bits per heavy atom. The summed E-state index contributed by atoms with van der Waals surface area (Å²) in [4.78, 5) is 9.21. The fraction of sp³-hybridized carbons (Fsp3) is 0.500. The molecule has 0 bridgehead atoms. The second-order valence-electron chi connectivity index (χ2n) is 6.23. The molecule has 1 fully saturated rings. The van der Waals surface area contributed by atoms with Gasteiger partial charge in [0.2, 0.25) is 5.95 Å². The third-order valence-corrected chi connectivity index (χ3v) is 4.62. The Labute approximate surface area is 154 Å². The zero-order chi connectivity index (χ0) is 17.5. The summed E-state index contributed by atoms with van der Waals surface area (Å²) in [6, 6.07) is 8.02. The molecule has 2 aromatic rings. The van der Waals surface area contributed by atoms with Crippen LogP contribution in [-0.4, -0.2) is 47.9 Å². The number of hydrogen-bond acceptors (Lipinski definition) is 6. The predicted octanol–water partition coefficient (Wildman–Crippen LogP) is 3.45. The van der Waals surface area contributed by atoms with Crippen molar-refractivity contribution >= 4 is 29.1 Å². The minimum absolute atomic E-state index is 0.617. The van der Waals surface area contributed by atoms with Crippen LogP contribution in [0, 0.1) is 0 Å². The number of nitrogens with zero attached hydrogens (tertiary/aromatic N) is 5. The number of piperazine rings is 1. The van der Waals surface area contributed by atoms with Gasteiger partial charge in [-0.05, 0) is 24.6 Å². The van der Waals surface area contributed by atoms with Crippen LogP contribution in [0.2, 0.25) is 5.02 Å². The lowest BCUT2D eigenvalue weighted by atomic mass is 10.2. The van der Waals surface area contributed by atoms with Crippen molar-refractivity contribution in [2.45, 2.75) is 26.2 Å². The van der Waals surface area contributed by atoms with Crippen LogP contribution in [0.4, 0.5) is 17.5 Å². The van der Waals surface area contributed by atoms with Gasteiger partial charge in [-0.3, -0.25) is 0 Å². The molecule has 0 atom stereocenters. The van der Waals surface area contributed by atoms with Crippen LogP contribution >= 0.6 is 11.6 Å². The summed E-state index contributed by atoms with van der Waals surface area (Å²) in [7, 11) is 0. The molecule has 134 valence electrons. The minimum Gasteiger partial charge on any atom is -0.368 e. The van der Waals surface area contributed by atoms with E-state index in [-0.39, 0.29) is 0 Å². The van der Waals surface area contributed by atoms with Gasteiger partial charge in [-0.1, -0.05) is 37.4 Å². The van der Waals surface area contributed by atoms with Crippen molar-refractivity contribution < 1.29 is 0 Å². The Kier molecular flexibility index (Phi) is 6.28. The van der Waals surface area contributed by atoms with E-state index in [0.717, 1.165) is 50.0 Å². The Bertz CT molecular complexity index is 672. The van der Waals surface area contributed by atoms with Crippen molar-refractivity contribution in [2.24, 2.45) is 0 Å². The van der Waals surface area contributed by atoms with Crippen LogP contribution in [0.1, 0.15) is 26.2 Å². The lowest BCUT2D eigenvalue weighted by Crippen LogP contribution is -2.47. The highest BCUT2D eigenvalue weighted by atomic mass is 35.5. The van der Waals surface area contributed by atoms with E-state index in [4.69, 9.17) is 11.6 Å². The average Bonchev–Trinajstić information content (AvgIpc) is 2.66. The van der Waals surface area contributed by atoms with Gasteiger partial charge < -0.3 is 15.1 Å². The van der Waals surface area contributed by atoms with Gasteiger partial charge >= 0.3 is 0 Å². The molecule has 7 heteroatoms. The number of nitrogens with one attached hydrogen (secondary N) is 1. The van der Waals surface area contributed by atoms with Gasteiger partial charge in [0, 0.05) is 43.4 Å². The molecule has 0 spiro atoms. The van der Waals surface area contributed by atoms with Crippen molar-refractivity contribution in [1.29, 1.82) is 0 Å². The number of halogens is 1. The molecule has 1 aliphatic rings. The minimum atomic E-state index is 0.617. The number of hydrogen-bond donors (Lipinski definition) is 1. The summed E-state index contributed by atoms with van der Waals surface area (Å²) in [5.41, 5.74) is 1.17. The molecule has 0 saturated carbocycles. The molecule has 0 radical (unpaired) electrons. The first kappa shape index (κ1) is 17.7. The van der Waals surface area contributed by atoms with Gasteiger partial charge in [0.05, 0.1) is 6.20 Å². The fourth-order valence-electron chi connectivity index (χ4n) is 2.96. The molecule has 1 aromatic heterocycles. The van der Waals surface area contributed by atoms with E-state index in [9.17, 15) is 0 Å². The van der Waals surface area contributed by atoms with Crippen LogP contribution in [0.15, 0.2) is 30.5 Å². The Balaban J connectivity index is 1.55. The summed E-state index contributed by atoms with van der Waals surface area (Å²) in [6.07, 6.45) is 5.29. The second kappa shape index (κ2) is 8.85. The van der Waals surface area contributed by atoms with Crippen molar-refractivity contribution in [1.82, 2.24) is 15.2 Å². The highest BCUT2D eigenvalue weighted by Crippen LogP contribution is 2.22. The molecule has 1 aliphatic heterocycles. The van der Waals surface area contributed by atoms with Crippen LogP contribution in [0.25, 0.3) is 0 Å². The predicted molar refractivity (Wildman–Crippen MR) is 104 cm³/mol. The normalized spacial score (nSPS) is 14.6. The van der Waals surface area contributed by atoms with E-state index in [0.29, 0.717) is 5.95 Å². The maximum Gasteiger partial charge on any atom is 0.244 e. The molecule has 0 unspecified atom stereocenters. The number of unbranched alkanes of at least 4 members (excludes halogenated alkanes) is 2. The molecule has 0 aliphatic carbocycles. The molecule has 3 rings (SSSR count). The highest BCUT2D eigenvalue weighted by molar-refractivity contribution is 6.30. The molecule has 1 saturated heterocycles. The SMILES string of the molecule is CCCCCNc1nncc(N2CCN(c3cccc(Cl)c3)CC2)n1. The number of rotatable bonds is 7. The third kappa shape index (κ3) is 4.95. The van der Waals surface area contributed by atoms with Crippen LogP contribution in [0.3, 0.4) is 0 Å². The lowest BCUT2D eigenvalue weighted by molar-refractivity contribution is 0.644. The zero-order valence-corrected chi connectivity index (χ0v) is 15.4. The molecule has 1 aromatic carbocycles. The van der Waals surface area contributed by atoms with E-state index in [1.165, 1.54) is 18.5 Å². The number of anilines is 3. The van der Waals surface area contributed by atoms with Gasteiger partial charge in [0.15, 0.2) is 5.82 Å². The van der Waals surface area contributed by atoms with E-state index < -0.39 is 0 Å². The van der Waals surface area contributed by atoms with Crippen molar-refractivity contribution in [3.05, 3.63) is 35.5 Å². The average molecular weight is 361 g/mol. The molecule has 6 nitrogen and oxygen atoms in total. The van der Waals surface area contributed by atoms with Gasteiger partial charge in [-0.2, -0.15) is 10.1 Å². The molecule has 1 N–H and O–H groups in total. The Morgan fingerprint density at radius 1 is 1.12 bits per heavy atom. The summed E-state index contributed by atoms with van der Waals surface area (Å²) in [6.45, 7) is 6.76. The second-order valence-corrected chi connectivity index (χ2v) is 6.66. The molecule has 0 amide bonds. The van der Waals surface area contributed by atoms with Gasteiger partial charge in [0.1, 0.15) is 0 Å². The lowest BCUT2D eigenvalue weighted by Gasteiger charge is -2.36. The first-order chi connectivity index (χ1) is 12.3. The summed E-state index contributed by atoms with van der Waals surface area (Å²) < 4.78 is 0. The summed E-state index contributed by atoms with van der Waals surface area (Å²) in [5, 5.41) is 12.2. The highest BCUT2D eigenvalue weighted by Gasteiger charge is 2.19. The third-order valence-electron chi connectivity index (χ3n) is 4.39. The van der Waals surface area contributed by atoms with Crippen molar-refractivity contribution in [3.8, 4) is 0 Å². The maximum atomic E-state index is 6.10. The van der Waals surface area contributed by atoms with Crippen molar-refractivity contribution in [2.75, 3.05) is 47.8 Å². The summed E-state index contributed by atoms with van der Waals surface area (Å²) >= 11 is 6.10. The fourth-order valence-corrected chi connectivity index (χ4v) is 3.15. The first-order valence-corrected chi connectivity index (χ1v) is 9.33. The molecule has 2 heterocycles. The topological polar surface area (TPSA) is 57.2 Å². The zero-order valence-electron chi connectivity index (χ0n) is 14.7. The van der Waals surface area contributed by atoms with Gasteiger partial charge in [0.25, 0.3) is 0 Å². The van der Waals surface area contributed by atoms with Crippen LogP contribution in [-0.2, 0) is 0 Å². The largest absolute Gasteiger partial charge is 0.368 e. The van der Waals surface area contributed by atoms with Gasteiger partial charge in [-0.25, -0.2) is 0 Å². The van der Waals surface area contributed by atoms with Crippen LogP contribution in [0.5, 0.6) is 0 Å². The van der Waals surface area contributed by atoms with E-state index in [2.05, 4.69) is 43.3 Å². The van der Waals surface area contributed by atoms with E-state index in [1.807, 2.05) is 18.2 Å². The number of aromatic nitrogens is 3. The molecular formula is C18H25ClN6. The standard InChI is InChI=1S/C18H25ClN6/c1-2-3-4-8-20-18-22-17(14-21-23-18)25-11-9-24(10-12-25)16-7-5-6-15(19)13-16/h5-7,13-14H,2-4,8-12H2,1H3,(H,20,22,23). The van der Waals surface area contributed by atoms with E-state index >= 15 is 0 Å². The van der Waals surface area contributed by atoms with Crippen LogP contribution < -0.4 is 15.1 Å².